The van der Waals surface area contributed by atoms with Gasteiger partial charge in [0.25, 0.3) is 0 Å². The fourth-order valence-electron chi connectivity index (χ4n) is 3.91. The molecule has 3 aliphatic rings. The predicted molar refractivity (Wildman–Crippen MR) is 84.9 cm³/mol. The molecule has 1 aliphatic carbocycles. The van der Waals surface area contributed by atoms with Crippen molar-refractivity contribution in [2.45, 2.75) is 25.6 Å². The van der Waals surface area contributed by atoms with E-state index in [4.69, 9.17) is 0 Å². The molecule has 26 heavy (non-hydrogen) atoms. The molecule has 6 nitrogen and oxygen atoms in total. The summed E-state index contributed by atoms with van der Waals surface area (Å²) in [5, 5.41) is 0. The Morgan fingerprint density at radius 3 is 2.42 bits per heavy atom. The smallest absolute Gasteiger partial charge is 0.772 e. The molecule has 3 fully saturated rings. The van der Waals surface area contributed by atoms with Crippen molar-refractivity contribution in [2.75, 3.05) is 35.2 Å². The van der Waals surface area contributed by atoms with Crippen molar-refractivity contribution >= 4 is 22.8 Å². The number of aromatic nitrogens is 2. The van der Waals surface area contributed by atoms with E-state index in [-0.39, 0.29) is 70.9 Å². The minimum Gasteiger partial charge on any atom is -0.772 e. The average Bonchev–Trinajstić information content (AvgIpc) is 2.95. The number of alkyl halides is 3. The Labute approximate surface area is 174 Å². The molecule has 0 amide bonds. The van der Waals surface area contributed by atoms with E-state index in [2.05, 4.69) is 9.97 Å². The molecule has 2 aliphatic heterocycles. The number of halogens is 3. The topological polar surface area (TPSA) is 72.4 Å². The van der Waals surface area contributed by atoms with Gasteiger partial charge in [0.05, 0.1) is 0 Å². The van der Waals surface area contributed by atoms with Gasteiger partial charge < -0.3 is 14.4 Å². The van der Waals surface area contributed by atoms with Crippen molar-refractivity contribution in [1.29, 1.82) is 0 Å². The third kappa shape index (κ3) is 3.76. The molecule has 138 valence electrons. The first-order valence-corrected chi connectivity index (χ1v) is 9.52. The molecule has 11 heteroatoms. The zero-order valence-corrected chi connectivity index (χ0v) is 17.4. The van der Waals surface area contributed by atoms with Gasteiger partial charge in [-0.05, 0) is 31.1 Å². The quantitative estimate of drug-likeness (QED) is 0.462. The number of hydrogen-bond donors (Lipinski definition) is 0. The number of piperidine rings is 1. The number of rotatable bonds is 4. The second-order valence-corrected chi connectivity index (χ2v) is 8.05. The van der Waals surface area contributed by atoms with E-state index in [1.165, 1.54) is 0 Å². The molecule has 2 saturated heterocycles. The summed E-state index contributed by atoms with van der Waals surface area (Å²) >= 11 is -2.07. The second kappa shape index (κ2) is 7.20. The normalized spacial score (nSPS) is 31.1. The van der Waals surface area contributed by atoms with Crippen LogP contribution in [-0.4, -0.2) is 50.2 Å². The predicted octanol–water partition coefficient (Wildman–Crippen LogP) is -1.34. The molecule has 5 atom stereocenters. The third-order valence-corrected chi connectivity index (χ3v) is 6.25. The van der Waals surface area contributed by atoms with Gasteiger partial charge in [0.2, 0.25) is 5.95 Å². The summed E-state index contributed by atoms with van der Waals surface area (Å²) in [7, 11) is 0. The minimum absolute atomic E-state index is 0. The van der Waals surface area contributed by atoms with Gasteiger partial charge in [0.1, 0.15) is 5.82 Å². The maximum Gasteiger partial charge on any atom is 1.00 e. The van der Waals surface area contributed by atoms with E-state index in [9.17, 15) is 21.9 Å². The monoisotopic (exact) mass is 398 g/mol. The van der Waals surface area contributed by atoms with Crippen molar-refractivity contribution in [3.63, 3.8) is 0 Å². The summed E-state index contributed by atoms with van der Waals surface area (Å²) in [6.07, 6.45) is -3.61. The van der Waals surface area contributed by atoms with Crippen molar-refractivity contribution in [2.24, 2.45) is 17.8 Å². The first-order chi connectivity index (χ1) is 11.7. The molecule has 2 unspecified atom stereocenters. The molecule has 0 aromatic carbocycles. The Morgan fingerprint density at radius 1 is 1.31 bits per heavy atom. The molecule has 0 radical (unpaired) electrons. The van der Waals surface area contributed by atoms with E-state index in [1.807, 2.05) is 11.8 Å². The molecular weight excluding hydrogens is 380 g/mol. The average molecular weight is 398 g/mol. The SMILES string of the molecule is C[C@H]1CCN1c1nc(N2C[C@@H]3C(CS(=O)[O-])[C@@H]3C2)cc(C(F)(F)F)n1.[Na+]. The van der Waals surface area contributed by atoms with Gasteiger partial charge in [-0.25, -0.2) is 4.98 Å². The van der Waals surface area contributed by atoms with Crippen LogP contribution >= 0.6 is 0 Å². The van der Waals surface area contributed by atoms with Crippen LogP contribution in [0.5, 0.6) is 0 Å². The van der Waals surface area contributed by atoms with Crippen LogP contribution in [0, 0.1) is 17.8 Å². The molecule has 0 bridgehead atoms. The number of hydrogen-bond acceptors (Lipinski definition) is 6. The summed E-state index contributed by atoms with van der Waals surface area (Å²) in [4.78, 5) is 11.7. The molecule has 3 heterocycles. The van der Waals surface area contributed by atoms with Crippen LogP contribution < -0.4 is 39.4 Å². The van der Waals surface area contributed by atoms with Crippen LogP contribution in [0.15, 0.2) is 6.07 Å². The summed E-state index contributed by atoms with van der Waals surface area (Å²) in [5.74, 6) is 1.14. The fraction of sp³-hybridized carbons (Fsp3) is 0.733. The van der Waals surface area contributed by atoms with E-state index >= 15 is 0 Å². The first-order valence-electron chi connectivity index (χ1n) is 8.28. The summed E-state index contributed by atoms with van der Waals surface area (Å²) in [6.45, 7) is 3.70. The molecule has 1 aromatic rings. The van der Waals surface area contributed by atoms with Gasteiger partial charge in [-0.2, -0.15) is 18.2 Å². The summed E-state index contributed by atoms with van der Waals surface area (Å²) in [6, 6.07) is 1.14. The third-order valence-electron chi connectivity index (χ3n) is 5.59. The van der Waals surface area contributed by atoms with Crippen LogP contribution in [0.1, 0.15) is 19.0 Å². The van der Waals surface area contributed by atoms with Gasteiger partial charge in [0.15, 0.2) is 5.69 Å². The first kappa shape index (κ1) is 20.3. The summed E-state index contributed by atoms with van der Waals surface area (Å²) in [5.41, 5.74) is -0.926. The molecule has 0 spiro atoms. The molecule has 1 saturated carbocycles. The largest absolute Gasteiger partial charge is 1.00 e. The maximum atomic E-state index is 13.2. The summed E-state index contributed by atoms with van der Waals surface area (Å²) < 4.78 is 61.3. The fourth-order valence-corrected chi connectivity index (χ4v) is 4.72. The van der Waals surface area contributed by atoms with Crippen molar-refractivity contribution in [3.8, 4) is 0 Å². The zero-order valence-electron chi connectivity index (χ0n) is 14.6. The van der Waals surface area contributed by atoms with Crippen molar-refractivity contribution < 1.29 is 51.5 Å². The van der Waals surface area contributed by atoms with E-state index < -0.39 is 23.0 Å². The maximum absolute atomic E-state index is 13.2. The van der Waals surface area contributed by atoms with Gasteiger partial charge in [-0.3, -0.25) is 4.21 Å². The van der Waals surface area contributed by atoms with Crippen molar-refractivity contribution in [3.05, 3.63) is 11.8 Å². The van der Waals surface area contributed by atoms with Gasteiger partial charge in [0, 0.05) is 37.5 Å². The van der Waals surface area contributed by atoms with Crippen LogP contribution in [0.3, 0.4) is 0 Å². The van der Waals surface area contributed by atoms with Crippen LogP contribution in [0.2, 0.25) is 0 Å². The zero-order chi connectivity index (χ0) is 17.9. The number of nitrogens with zero attached hydrogens (tertiary/aromatic N) is 4. The van der Waals surface area contributed by atoms with Crippen LogP contribution in [0.25, 0.3) is 0 Å². The number of anilines is 2. The Balaban J connectivity index is 0.00000196. The Bertz CT molecular complexity index is 711. The Kier molecular flexibility index (Phi) is 5.62. The molecule has 1 aromatic heterocycles. The van der Waals surface area contributed by atoms with E-state index in [0.717, 1.165) is 12.5 Å². The van der Waals surface area contributed by atoms with Gasteiger partial charge in [-0.1, -0.05) is 11.1 Å². The van der Waals surface area contributed by atoms with E-state index in [0.29, 0.717) is 19.6 Å². The Morgan fingerprint density at radius 2 is 1.96 bits per heavy atom. The van der Waals surface area contributed by atoms with Gasteiger partial charge >= 0.3 is 35.7 Å². The minimum atomic E-state index is -4.52. The molecular formula is C15H18F3N4NaO2S. The molecule has 0 N–H and O–H groups in total. The van der Waals surface area contributed by atoms with Crippen molar-refractivity contribution in [1.82, 2.24) is 9.97 Å². The van der Waals surface area contributed by atoms with Gasteiger partial charge in [-0.15, -0.1) is 0 Å². The van der Waals surface area contributed by atoms with Crippen LogP contribution in [-0.2, 0) is 17.3 Å². The molecule has 4 rings (SSSR count). The van der Waals surface area contributed by atoms with Crippen LogP contribution in [0.4, 0.5) is 24.9 Å². The number of fused-ring (bicyclic) bond motifs is 1. The van der Waals surface area contributed by atoms with E-state index in [1.54, 1.807) is 4.90 Å². The second-order valence-electron chi connectivity index (χ2n) is 7.11. The Hall–Kier alpha value is -0.420. The standard InChI is InChI=1S/C15H19F3N4O2S.Na/c1-8-2-3-22(8)14-19-12(15(16,17)18)4-13(20-14)21-5-9-10(6-21)11(9)7-25(23)24;/h4,8-11H,2-3,5-7H2,1H3,(H,23,24);/q;+1/p-1/t8-,9-,10+,11?;/m0./s1.